The molecule has 0 bridgehead atoms. The van der Waals surface area contributed by atoms with Crippen LogP contribution in [-0.4, -0.2) is 43.7 Å². The highest BCUT2D eigenvalue weighted by Crippen LogP contribution is 2.24. The summed E-state index contributed by atoms with van der Waals surface area (Å²) in [6.07, 6.45) is 0. The first-order valence-corrected chi connectivity index (χ1v) is 8.36. The van der Waals surface area contributed by atoms with Gasteiger partial charge >= 0.3 is 0 Å². The van der Waals surface area contributed by atoms with Gasteiger partial charge in [0.2, 0.25) is 0 Å². The largest absolute Gasteiger partial charge is 0.484 e. The smallest absolute Gasteiger partial charge is 0.260 e. The second kappa shape index (κ2) is 7.62. The molecule has 0 spiro atoms. The van der Waals surface area contributed by atoms with Crippen molar-refractivity contribution in [1.82, 2.24) is 4.90 Å². The molecule has 3 rings (SSSR count). The van der Waals surface area contributed by atoms with Crippen molar-refractivity contribution in [3.8, 4) is 16.9 Å². The Labute approximate surface area is 144 Å². The molecule has 2 aromatic rings. The minimum atomic E-state index is 0.00489. The Hall–Kier alpha value is -1.85. The van der Waals surface area contributed by atoms with Gasteiger partial charge in [0.1, 0.15) is 5.75 Å². The van der Waals surface area contributed by atoms with Crippen LogP contribution in [0.3, 0.4) is 0 Å². The molecule has 1 saturated heterocycles. The van der Waals surface area contributed by atoms with E-state index < -0.39 is 0 Å². The quantitative estimate of drug-likeness (QED) is 0.822. The number of halogens is 1. The molecule has 0 N–H and O–H groups in total. The van der Waals surface area contributed by atoms with Gasteiger partial charge in [-0.1, -0.05) is 40.2 Å². The van der Waals surface area contributed by atoms with Gasteiger partial charge in [-0.2, -0.15) is 0 Å². The van der Waals surface area contributed by atoms with E-state index in [1.54, 1.807) is 4.90 Å². The summed E-state index contributed by atoms with van der Waals surface area (Å²) in [5.41, 5.74) is 2.26. The summed E-state index contributed by atoms with van der Waals surface area (Å²) in [6.45, 7) is 2.56. The van der Waals surface area contributed by atoms with E-state index in [1.807, 2.05) is 36.4 Å². The van der Waals surface area contributed by atoms with Crippen LogP contribution in [0.25, 0.3) is 11.1 Å². The van der Waals surface area contributed by atoms with Gasteiger partial charge in [-0.15, -0.1) is 0 Å². The van der Waals surface area contributed by atoms with Gasteiger partial charge in [-0.3, -0.25) is 4.79 Å². The van der Waals surface area contributed by atoms with Crippen molar-refractivity contribution in [2.45, 2.75) is 0 Å². The van der Waals surface area contributed by atoms with Crippen molar-refractivity contribution in [3.63, 3.8) is 0 Å². The standard InChI is InChI=1S/C18H18BrNO3/c19-16-5-1-14(2-6-16)15-3-7-17(8-4-15)23-13-18(21)20-9-11-22-12-10-20/h1-8H,9-13H2. The molecule has 1 aliphatic heterocycles. The van der Waals surface area contributed by atoms with E-state index >= 15 is 0 Å². The number of morpholine rings is 1. The van der Waals surface area contributed by atoms with E-state index in [4.69, 9.17) is 9.47 Å². The van der Waals surface area contributed by atoms with Gasteiger partial charge in [-0.05, 0) is 35.4 Å². The second-order valence-electron chi connectivity index (χ2n) is 5.31. The maximum absolute atomic E-state index is 12.0. The number of hydrogen-bond acceptors (Lipinski definition) is 3. The van der Waals surface area contributed by atoms with Crippen molar-refractivity contribution >= 4 is 21.8 Å². The molecular weight excluding hydrogens is 358 g/mol. The molecule has 4 nitrogen and oxygen atoms in total. The monoisotopic (exact) mass is 375 g/mol. The van der Waals surface area contributed by atoms with E-state index in [-0.39, 0.29) is 12.5 Å². The molecule has 0 aliphatic carbocycles. The van der Waals surface area contributed by atoms with Gasteiger partial charge in [0.25, 0.3) is 5.91 Å². The molecule has 0 aromatic heterocycles. The summed E-state index contributed by atoms with van der Waals surface area (Å²) >= 11 is 3.43. The molecule has 120 valence electrons. The molecule has 1 fully saturated rings. The molecule has 23 heavy (non-hydrogen) atoms. The van der Waals surface area contributed by atoms with Crippen LogP contribution >= 0.6 is 15.9 Å². The molecule has 1 amide bonds. The lowest BCUT2D eigenvalue weighted by atomic mass is 10.1. The summed E-state index contributed by atoms with van der Waals surface area (Å²) in [6, 6.07) is 15.9. The topological polar surface area (TPSA) is 38.8 Å². The van der Waals surface area contributed by atoms with Crippen molar-refractivity contribution in [2.75, 3.05) is 32.9 Å². The molecule has 2 aromatic carbocycles. The Morgan fingerprint density at radius 2 is 1.57 bits per heavy atom. The van der Waals surface area contributed by atoms with Gasteiger partial charge in [0, 0.05) is 17.6 Å². The third kappa shape index (κ3) is 4.33. The van der Waals surface area contributed by atoms with Gasteiger partial charge in [0.05, 0.1) is 13.2 Å². The van der Waals surface area contributed by atoms with Crippen molar-refractivity contribution in [1.29, 1.82) is 0 Å². The van der Waals surface area contributed by atoms with Crippen LogP contribution in [0.1, 0.15) is 0 Å². The maximum atomic E-state index is 12.0. The summed E-state index contributed by atoms with van der Waals surface area (Å²) < 4.78 is 11.9. The Kier molecular flexibility index (Phi) is 5.31. The first-order valence-electron chi connectivity index (χ1n) is 7.57. The van der Waals surface area contributed by atoms with Crippen molar-refractivity contribution < 1.29 is 14.3 Å². The highest BCUT2D eigenvalue weighted by atomic mass is 79.9. The summed E-state index contributed by atoms with van der Waals surface area (Å²) in [7, 11) is 0. The molecule has 0 radical (unpaired) electrons. The van der Waals surface area contributed by atoms with Crippen LogP contribution in [0, 0.1) is 0 Å². The lowest BCUT2D eigenvalue weighted by Gasteiger charge is -2.26. The summed E-state index contributed by atoms with van der Waals surface area (Å²) in [4.78, 5) is 13.8. The first-order chi connectivity index (χ1) is 11.2. The minimum Gasteiger partial charge on any atom is -0.484 e. The molecule has 0 saturated carbocycles. The average molecular weight is 376 g/mol. The van der Waals surface area contributed by atoms with Crippen LogP contribution in [0.4, 0.5) is 0 Å². The number of rotatable bonds is 4. The molecular formula is C18H18BrNO3. The maximum Gasteiger partial charge on any atom is 0.260 e. The molecule has 5 heteroatoms. The first kappa shape index (κ1) is 16.0. The third-order valence-corrected chi connectivity index (χ3v) is 4.29. The number of ether oxygens (including phenoxy) is 2. The van der Waals surface area contributed by atoms with Crippen molar-refractivity contribution in [3.05, 3.63) is 53.0 Å². The Bertz CT molecular complexity index is 649. The van der Waals surface area contributed by atoms with Crippen molar-refractivity contribution in [2.24, 2.45) is 0 Å². The molecule has 1 heterocycles. The zero-order valence-electron chi connectivity index (χ0n) is 12.7. The zero-order valence-corrected chi connectivity index (χ0v) is 14.3. The predicted molar refractivity (Wildman–Crippen MR) is 92.5 cm³/mol. The molecule has 1 aliphatic rings. The predicted octanol–water partition coefficient (Wildman–Crippen LogP) is 3.35. The number of amides is 1. The van der Waals surface area contributed by atoms with Crippen LogP contribution in [-0.2, 0) is 9.53 Å². The average Bonchev–Trinajstić information content (AvgIpc) is 2.61. The number of carbonyl (C=O) groups is 1. The summed E-state index contributed by atoms with van der Waals surface area (Å²) in [5, 5.41) is 0. The summed E-state index contributed by atoms with van der Waals surface area (Å²) in [5.74, 6) is 0.706. The second-order valence-corrected chi connectivity index (χ2v) is 6.23. The number of hydrogen-bond donors (Lipinski definition) is 0. The van der Waals surface area contributed by atoms with Gasteiger partial charge in [0.15, 0.2) is 6.61 Å². The van der Waals surface area contributed by atoms with E-state index in [0.29, 0.717) is 32.1 Å². The lowest BCUT2D eigenvalue weighted by Crippen LogP contribution is -2.42. The van der Waals surface area contributed by atoms with Gasteiger partial charge in [-0.25, -0.2) is 0 Å². The molecule has 0 unspecified atom stereocenters. The van der Waals surface area contributed by atoms with Crippen LogP contribution in [0.2, 0.25) is 0 Å². The fourth-order valence-corrected chi connectivity index (χ4v) is 2.70. The van der Waals surface area contributed by atoms with Crippen LogP contribution < -0.4 is 4.74 Å². The van der Waals surface area contributed by atoms with E-state index in [1.165, 1.54) is 0 Å². The molecule has 0 atom stereocenters. The van der Waals surface area contributed by atoms with Crippen LogP contribution in [0.15, 0.2) is 53.0 Å². The Balaban J connectivity index is 1.57. The number of carbonyl (C=O) groups excluding carboxylic acids is 1. The SMILES string of the molecule is O=C(COc1ccc(-c2ccc(Br)cc2)cc1)N1CCOCC1. The highest BCUT2D eigenvalue weighted by Gasteiger charge is 2.17. The van der Waals surface area contributed by atoms with Crippen LogP contribution in [0.5, 0.6) is 5.75 Å². The fourth-order valence-electron chi connectivity index (χ4n) is 2.44. The zero-order chi connectivity index (χ0) is 16.1. The van der Waals surface area contributed by atoms with E-state index in [2.05, 4.69) is 28.1 Å². The normalized spacial score (nSPS) is 14.6. The number of nitrogens with zero attached hydrogens (tertiary/aromatic N) is 1. The van der Waals surface area contributed by atoms with Gasteiger partial charge < -0.3 is 14.4 Å². The van der Waals surface area contributed by atoms with E-state index in [9.17, 15) is 4.79 Å². The fraction of sp³-hybridized carbons (Fsp3) is 0.278. The van der Waals surface area contributed by atoms with E-state index in [0.717, 1.165) is 15.6 Å². The minimum absolute atomic E-state index is 0.00489. The highest BCUT2D eigenvalue weighted by molar-refractivity contribution is 9.10. The Morgan fingerprint density at radius 1 is 1.00 bits per heavy atom. The third-order valence-electron chi connectivity index (χ3n) is 3.76. The lowest BCUT2D eigenvalue weighted by molar-refractivity contribution is -0.137. The number of benzene rings is 2. The Morgan fingerprint density at radius 3 is 2.17 bits per heavy atom.